The fraction of sp³-hybridized carbons (Fsp3) is 0.409. The maximum atomic E-state index is 11.3. The summed E-state index contributed by atoms with van der Waals surface area (Å²) in [5.41, 5.74) is 6.40. The molecule has 0 spiro atoms. The number of ether oxygens (including phenoxy) is 2. The van der Waals surface area contributed by atoms with Crippen molar-refractivity contribution >= 4 is 21.8 Å². The average Bonchev–Trinajstić information content (AvgIpc) is 3.09. The quantitative estimate of drug-likeness (QED) is 0.755. The highest BCUT2D eigenvalue weighted by Crippen LogP contribution is 2.50. The van der Waals surface area contributed by atoms with Crippen LogP contribution in [-0.2, 0) is 10.6 Å². The molecule has 5 nitrogen and oxygen atoms in total. The molecule has 1 saturated heterocycles. The standard InChI is InChI=1S/C22H25BrN2O3/c1-15(14-21(24)26)25-12-10-17(11-13-25)22(16-6-8-18(23)9-7-16)27-19-4-2-3-5-20(19)28-22/h2-9,15,17H,10-14H2,1H3,(H2,24,26). The van der Waals surface area contributed by atoms with E-state index in [1.807, 2.05) is 36.4 Å². The number of halogens is 1. The van der Waals surface area contributed by atoms with Gasteiger partial charge < -0.3 is 20.1 Å². The van der Waals surface area contributed by atoms with E-state index < -0.39 is 5.79 Å². The zero-order chi connectivity index (χ0) is 19.7. The first-order valence-corrected chi connectivity index (χ1v) is 10.5. The molecule has 1 atom stereocenters. The normalized spacial score (nSPS) is 20.1. The van der Waals surface area contributed by atoms with E-state index in [0.29, 0.717) is 6.42 Å². The van der Waals surface area contributed by atoms with Crippen LogP contribution in [0.1, 0.15) is 31.7 Å². The van der Waals surface area contributed by atoms with E-state index in [4.69, 9.17) is 15.2 Å². The topological polar surface area (TPSA) is 64.8 Å². The van der Waals surface area contributed by atoms with Crippen LogP contribution in [0.5, 0.6) is 11.5 Å². The van der Waals surface area contributed by atoms with Gasteiger partial charge >= 0.3 is 0 Å². The number of carbonyl (C=O) groups excluding carboxylic acids is 1. The first-order valence-electron chi connectivity index (χ1n) is 9.73. The molecule has 2 aliphatic rings. The molecule has 2 N–H and O–H groups in total. The van der Waals surface area contributed by atoms with Gasteiger partial charge in [0.15, 0.2) is 11.5 Å². The Morgan fingerprint density at radius 3 is 2.25 bits per heavy atom. The Hall–Kier alpha value is -2.05. The maximum absolute atomic E-state index is 11.3. The van der Waals surface area contributed by atoms with E-state index >= 15 is 0 Å². The predicted molar refractivity (Wildman–Crippen MR) is 111 cm³/mol. The lowest BCUT2D eigenvalue weighted by Crippen LogP contribution is -2.50. The van der Waals surface area contributed by atoms with Crippen molar-refractivity contribution in [3.05, 3.63) is 58.6 Å². The number of piperidine rings is 1. The van der Waals surface area contributed by atoms with Gasteiger partial charge in [-0.05, 0) is 57.1 Å². The van der Waals surface area contributed by atoms with Crippen LogP contribution in [0.4, 0.5) is 0 Å². The molecular weight excluding hydrogens is 420 g/mol. The van der Waals surface area contributed by atoms with Gasteiger partial charge in [-0.1, -0.05) is 40.2 Å². The van der Waals surface area contributed by atoms with Crippen molar-refractivity contribution in [1.29, 1.82) is 0 Å². The van der Waals surface area contributed by atoms with Gasteiger partial charge in [0.1, 0.15) is 0 Å². The molecule has 2 aromatic carbocycles. The second kappa shape index (κ2) is 7.76. The fourth-order valence-electron chi connectivity index (χ4n) is 4.31. The number of benzene rings is 2. The van der Waals surface area contributed by atoms with E-state index in [2.05, 4.69) is 39.9 Å². The van der Waals surface area contributed by atoms with E-state index in [1.165, 1.54) is 0 Å². The Bertz CT molecular complexity index is 822. The van der Waals surface area contributed by atoms with Crippen molar-refractivity contribution in [2.24, 2.45) is 11.7 Å². The van der Waals surface area contributed by atoms with E-state index in [-0.39, 0.29) is 17.9 Å². The Labute approximate surface area is 173 Å². The summed E-state index contributed by atoms with van der Waals surface area (Å²) in [5.74, 6) is 0.713. The number of primary amides is 1. The second-order valence-corrected chi connectivity index (χ2v) is 8.57. The van der Waals surface area contributed by atoms with Crippen LogP contribution in [0.15, 0.2) is 53.0 Å². The summed E-state index contributed by atoms with van der Waals surface area (Å²) in [7, 11) is 0. The van der Waals surface area contributed by atoms with E-state index in [0.717, 1.165) is 47.5 Å². The summed E-state index contributed by atoms with van der Waals surface area (Å²) in [6, 6.07) is 16.2. The Morgan fingerprint density at radius 1 is 1.14 bits per heavy atom. The fourth-order valence-corrected chi connectivity index (χ4v) is 4.57. The van der Waals surface area contributed by atoms with Crippen molar-refractivity contribution in [3.63, 3.8) is 0 Å². The van der Waals surface area contributed by atoms with Crippen LogP contribution in [0.2, 0.25) is 0 Å². The van der Waals surface area contributed by atoms with Crippen LogP contribution < -0.4 is 15.2 Å². The minimum atomic E-state index is -0.816. The minimum absolute atomic E-state index is 0.157. The highest BCUT2D eigenvalue weighted by atomic mass is 79.9. The highest BCUT2D eigenvalue weighted by molar-refractivity contribution is 9.10. The minimum Gasteiger partial charge on any atom is -0.444 e. The van der Waals surface area contributed by atoms with E-state index in [9.17, 15) is 4.79 Å². The van der Waals surface area contributed by atoms with Crippen molar-refractivity contribution in [2.45, 2.75) is 38.0 Å². The molecule has 0 bridgehead atoms. The van der Waals surface area contributed by atoms with Crippen molar-refractivity contribution < 1.29 is 14.3 Å². The summed E-state index contributed by atoms with van der Waals surface area (Å²) < 4.78 is 14.0. The third kappa shape index (κ3) is 3.63. The summed E-state index contributed by atoms with van der Waals surface area (Å²) >= 11 is 3.51. The number of amides is 1. The summed E-state index contributed by atoms with van der Waals surface area (Å²) in [4.78, 5) is 13.6. The van der Waals surface area contributed by atoms with Gasteiger partial charge in [0.2, 0.25) is 5.91 Å². The smallest absolute Gasteiger partial charge is 0.281 e. The SMILES string of the molecule is CC(CC(N)=O)N1CCC(C2(c3ccc(Br)cc3)Oc3ccccc3O2)CC1. The molecule has 148 valence electrons. The molecule has 0 aliphatic carbocycles. The van der Waals surface area contributed by atoms with E-state index in [1.54, 1.807) is 0 Å². The third-order valence-corrected chi connectivity index (χ3v) is 6.33. The molecule has 28 heavy (non-hydrogen) atoms. The Balaban J connectivity index is 1.58. The molecule has 4 rings (SSSR count). The van der Waals surface area contributed by atoms with Crippen molar-refractivity contribution in [1.82, 2.24) is 4.90 Å². The Kier molecular flexibility index (Phi) is 5.34. The summed E-state index contributed by atoms with van der Waals surface area (Å²) in [5, 5.41) is 0. The number of likely N-dealkylation sites (tertiary alicyclic amines) is 1. The largest absolute Gasteiger partial charge is 0.444 e. The number of hydrogen-bond acceptors (Lipinski definition) is 4. The van der Waals surface area contributed by atoms with Gasteiger partial charge in [-0.3, -0.25) is 4.79 Å². The number of nitrogens with zero attached hydrogens (tertiary/aromatic N) is 1. The molecule has 1 amide bonds. The van der Waals surface area contributed by atoms with Gasteiger partial charge in [-0.15, -0.1) is 0 Å². The molecule has 1 unspecified atom stereocenters. The van der Waals surface area contributed by atoms with Gasteiger partial charge in [-0.25, -0.2) is 0 Å². The maximum Gasteiger partial charge on any atom is 0.281 e. The lowest BCUT2D eigenvalue weighted by molar-refractivity contribution is -0.150. The number of carbonyl (C=O) groups is 1. The molecule has 2 aromatic rings. The highest BCUT2D eigenvalue weighted by Gasteiger charge is 2.51. The Morgan fingerprint density at radius 2 is 1.71 bits per heavy atom. The van der Waals surface area contributed by atoms with Crippen LogP contribution >= 0.6 is 15.9 Å². The lowest BCUT2D eigenvalue weighted by Gasteiger charge is -2.42. The lowest BCUT2D eigenvalue weighted by atomic mass is 9.83. The molecule has 0 saturated carbocycles. The zero-order valence-electron chi connectivity index (χ0n) is 15.9. The summed E-state index contributed by atoms with van der Waals surface area (Å²) in [6.07, 6.45) is 2.24. The average molecular weight is 445 g/mol. The zero-order valence-corrected chi connectivity index (χ0v) is 17.5. The van der Waals surface area contributed by atoms with Gasteiger partial charge in [-0.2, -0.15) is 0 Å². The monoisotopic (exact) mass is 444 g/mol. The van der Waals surface area contributed by atoms with Crippen LogP contribution in [-0.4, -0.2) is 29.9 Å². The third-order valence-electron chi connectivity index (χ3n) is 5.81. The molecular formula is C22H25BrN2O3. The van der Waals surface area contributed by atoms with Crippen molar-refractivity contribution in [3.8, 4) is 11.5 Å². The number of para-hydroxylation sites is 2. The van der Waals surface area contributed by atoms with Crippen LogP contribution in [0.3, 0.4) is 0 Å². The number of rotatable bonds is 5. The van der Waals surface area contributed by atoms with Gasteiger partial charge in [0.25, 0.3) is 5.79 Å². The van der Waals surface area contributed by atoms with Gasteiger partial charge in [0, 0.05) is 28.4 Å². The van der Waals surface area contributed by atoms with Crippen molar-refractivity contribution in [2.75, 3.05) is 13.1 Å². The number of fused-ring (bicyclic) bond motifs is 1. The number of nitrogens with two attached hydrogens (primary N) is 1. The first kappa shape index (κ1) is 19.3. The molecule has 0 radical (unpaired) electrons. The predicted octanol–water partition coefficient (Wildman–Crippen LogP) is 4.05. The molecule has 2 heterocycles. The van der Waals surface area contributed by atoms with Crippen LogP contribution in [0.25, 0.3) is 0 Å². The first-order chi connectivity index (χ1) is 13.5. The molecule has 2 aliphatic heterocycles. The molecule has 6 heteroatoms. The molecule has 0 aromatic heterocycles. The molecule has 1 fully saturated rings. The number of hydrogen-bond donors (Lipinski definition) is 1. The second-order valence-electron chi connectivity index (χ2n) is 7.65. The summed E-state index contributed by atoms with van der Waals surface area (Å²) in [6.45, 7) is 3.84. The van der Waals surface area contributed by atoms with Crippen LogP contribution in [0, 0.1) is 5.92 Å². The van der Waals surface area contributed by atoms with Gasteiger partial charge in [0.05, 0.1) is 0 Å².